The van der Waals surface area contributed by atoms with Crippen LogP contribution in [-0.4, -0.2) is 34.6 Å². The van der Waals surface area contributed by atoms with E-state index in [1.54, 1.807) is 5.38 Å². The molecule has 1 aliphatic rings. The number of nitrogens with one attached hydrogen (secondary N) is 2. The third kappa shape index (κ3) is 2.97. The molecule has 6 heteroatoms. The van der Waals surface area contributed by atoms with Crippen molar-refractivity contribution in [3.8, 4) is 0 Å². The van der Waals surface area contributed by atoms with Gasteiger partial charge in [0.15, 0.2) is 5.69 Å². The fraction of sp³-hybridized carbons (Fsp3) is 0.667. The lowest BCUT2D eigenvalue weighted by atomic mass is 10.1. The van der Waals surface area contributed by atoms with Gasteiger partial charge in [-0.25, -0.2) is 0 Å². The lowest BCUT2D eigenvalue weighted by Gasteiger charge is -2.09. The van der Waals surface area contributed by atoms with Crippen LogP contribution in [0.5, 0.6) is 0 Å². The molecular formula is C9H14N4OS. The minimum atomic E-state index is -0.123. The average molecular weight is 226 g/mol. The molecule has 0 unspecified atom stereocenters. The van der Waals surface area contributed by atoms with Crippen LogP contribution >= 0.6 is 11.5 Å². The fourth-order valence-electron chi connectivity index (χ4n) is 1.72. The Kier molecular flexibility index (Phi) is 3.63. The lowest BCUT2D eigenvalue weighted by molar-refractivity contribution is 0.0947. The first kappa shape index (κ1) is 10.5. The van der Waals surface area contributed by atoms with E-state index in [1.165, 1.54) is 24.4 Å². The first-order valence-electron chi connectivity index (χ1n) is 5.15. The summed E-state index contributed by atoms with van der Waals surface area (Å²) in [5, 5.41) is 11.6. The van der Waals surface area contributed by atoms with Gasteiger partial charge in [-0.1, -0.05) is 4.49 Å². The maximum absolute atomic E-state index is 11.5. The van der Waals surface area contributed by atoms with E-state index >= 15 is 0 Å². The summed E-state index contributed by atoms with van der Waals surface area (Å²) in [7, 11) is 0. The van der Waals surface area contributed by atoms with E-state index < -0.39 is 0 Å². The highest BCUT2D eigenvalue weighted by Crippen LogP contribution is 2.07. The van der Waals surface area contributed by atoms with E-state index in [2.05, 4.69) is 20.2 Å². The Morgan fingerprint density at radius 2 is 2.67 bits per heavy atom. The van der Waals surface area contributed by atoms with Gasteiger partial charge in [0.05, 0.1) is 0 Å². The number of hydrogen-bond acceptors (Lipinski definition) is 5. The van der Waals surface area contributed by atoms with Gasteiger partial charge in [0, 0.05) is 18.0 Å². The second-order valence-electron chi connectivity index (χ2n) is 3.63. The summed E-state index contributed by atoms with van der Waals surface area (Å²) in [5.41, 5.74) is 0.416. The van der Waals surface area contributed by atoms with Gasteiger partial charge in [0.25, 0.3) is 5.91 Å². The van der Waals surface area contributed by atoms with Crippen molar-refractivity contribution in [1.29, 1.82) is 0 Å². The van der Waals surface area contributed by atoms with Gasteiger partial charge in [-0.05, 0) is 37.3 Å². The Bertz CT molecular complexity index is 308. The van der Waals surface area contributed by atoms with Gasteiger partial charge in [0.1, 0.15) is 0 Å². The normalized spacial score (nSPS) is 20.4. The van der Waals surface area contributed by atoms with E-state index in [-0.39, 0.29) is 5.91 Å². The highest BCUT2D eigenvalue weighted by molar-refractivity contribution is 7.03. The number of carbonyl (C=O) groups is 1. The zero-order valence-corrected chi connectivity index (χ0v) is 9.22. The Morgan fingerprint density at radius 1 is 1.73 bits per heavy atom. The molecular weight excluding hydrogens is 212 g/mol. The maximum atomic E-state index is 11.5. The molecule has 0 radical (unpaired) electrons. The molecule has 0 spiro atoms. The molecule has 0 aromatic carbocycles. The van der Waals surface area contributed by atoms with Crippen molar-refractivity contribution in [1.82, 2.24) is 20.2 Å². The second-order valence-corrected chi connectivity index (χ2v) is 4.24. The van der Waals surface area contributed by atoms with Crippen LogP contribution in [0, 0.1) is 0 Å². The summed E-state index contributed by atoms with van der Waals surface area (Å²) < 4.78 is 3.65. The molecule has 0 aliphatic carbocycles. The summed E-state index contributed by atoms with van der Waals surface area (Å²) in [5.74, 6) is -0.123. The molecule has 0 saturated carbocycles. The molecule has 15 heavy (non-hydrogen) atoms. The molecule has 2 heterocycles. The molecule has 0 bridgehead atoms. The Hall–Kier alpha value is -1.01. The smallest absolute Gasteiger partial charge is 0.272 e. The number of carbonyl (C=O) groups excluding carboxylic acids is 1. The number of amides is 1. The quantitative estimate of drug-likeness (QED) is 0.780. The van der Waals surface area contributed by atoms with Crippen LogP contribution in [0.2, 0.25) is 0 Å². The van der Waals surface area contributed by atoms with Crippen LogP contribution in [0.4, 0.5) is 0 Å². The Balaban J connectivity index is 1.67. The van der Waals surface area contributed by atoms with Crippen LogP contribution in [-0.2, 0) is 0 Å². The first-order valence-corrected chi connectivity index (χ1v) is 5.98. The highest BCUT2D eigenvalue weighted by atomic mass is 32.1. The predicted octanol–water partition coefficient (Wildman–Crippen LogP) is 0.410. The zero-order chi connectivity index (χ0) is 10.5. The van der Waals surface area contributed by atoms with Gasteiger partial charge < -0.3 is 10.6 Å². The van der Waals surface area contributed by atoms with Crippen molar-refractivity contribution in [2.75, 3.05) is 13.1 Å². The van der Waals surface area contributed by atoms with Gasteiger partial charge >= 0.3 is 0 Å². The molecule has 1 fully saturated rings. The molecule has 2 N–H and O–H groups in total. The molecule has 1 aromatic rings. The number of aromatic nitrogens is 2. The van der Waals surface area contributed by atoms with E-state index in [4.69, 9.17) is 0 Å². The Labute approximate surface area is 92.4 Å². The molecule has 1 saturated heterocycles. The minimum Gasteiger partial charge on any atom is -0.351 e. The fourth-order valence-corrected chi connectivity index (χ4v) is 2.15. The molecule has 82 valence electrons. The largest absolute Gasteiger partial charge is 0.351 e. The number of rotatable bonds is 4. The van der Waals surface area contributed by atoms with Crippen LogP contribution < -0.4 is 10.6 Å². The summed E-state index contributed by atoms with van der Waals surface area (Å²) in [6, 6.07) is 0.568. The van der Waals surface area contributed by atoms with Crippen molar-refractivity contribution in [2.45, 2.75) is 25.3 Å². The maximum Gasteiger partial charge on any atom is 0.272 e. The van der Waals surface area contributed by atoms with Crippen LogP contribution in [0.25, 0.3) is 0 Å². The van der Waals surface area contributed by atoms with Crippen molar-refractivity contribution < 1.29 is 4.79 Å². The Morgan fingerprint density at radius 3 is 3.33 bits per heavy atom. The van der Waals surface area contributed by atoms with Crippen LogP contribution in [0.15, 0.2) is 5.38 Å². The van der Waals surface area contributed by atoms with Gasteiger partial charge in [0.2, 0.25) is 0 Å². The van der Waals surface area contributed by atoms with E-state index in [0.29, 0.717) is 18.3 Å². The van der Waals surface area contributed by atoms with Gasteiger partial charge in [-0.2, -0.15) is 0 Å². The van der Waals surface area contributed by atoms with Gasteiger partial charge in [-0.3, -0.25) is 4.79 Å². The summed E-state index contributed by atoms with van der Waals surface area (Å²) in [6.45, 7) is 1.81. The number of hydrogen-bond donors (Lipinski definition) is 2. The highest BCUT2D eigenvalue weighted by Gasteiger charge is 2.14. The summed E-state index contributed by atoms with van der Waals surface area (Å²) in [4.78, 5) is 11.5. The SMILES string of the molecule is O=C(NCC[C@H]1CCCN1)c1csnn1. The predicted molar refractivity (Wildman–Crippen MR) is 57.9 cm³/mol. The summed E-state index contributed by atoms with van der Waals surface area (Å²) >= 11 is 1.19. The van der Waals surface area contributed by atoms with Crippen molar-refractivity contribution in [2.24, 2.45) is 0 Å². The summed E-state index contributed by atoms with van der Waals surface area (Å²) in [6.07, 6.45) is 3.45. The number of nitrogens with zero attached hydrogens (tertiary/aromatic N) is 2. The molecule has 1 aromatic heterocycles. The van der Waals surface area contributed by atoms with E-state index in [9.17, 15) is 4.79 Å². The van der Waals surface area contributed by atoms with Gasteiger partial charge in [-0.15, -0.1) is 5.10 Å². The standard InChI is InChI=1S/C9H14N4OS/c14-9(8-6-15-13-12-8)11-5-3-7-2-1-4-10-7/h6-7,10H,1-5H2,(H,11,14)/t7-/m1/s1. The third-order valence-corrected chi connectivity index (χ3v) is 3.04. The van der Waals surface area contributed by atoms with Crippen molar-refractivity contribution in [3.63, 3.8) is 0 Å². The molecule has 1 amide bonds. The third-order valence-electron chi connectivity index (χ3n) is 2.53. The molecule has 1 atom stereocenters. The minimum absolute atomic E-state index is 0.123. The molecule has 1 aliphatic heterocycles. The average Bonchev–Trinajstić information content (AvgIpc) is 2.90. The van der Waals surface area contributed by atoms with E-state index in [1.807, 2.05) is 0 Å². The van der Waals surface area contributed by atoms with Crippen molar-refractivity contribution in [3.05, 3.63) is 11.1 Å². The topological polar surface area (TPSA) is 66.9 Å². The molecule has 2 rings (SSSR count). The monoisotopic (exact) mass is 226 g/mol. The van der Waals surface area contributed by atoms with E-state index in [0.717, 1.165) is 13.0 Å². The van der Waals surface area contributed by atoms with Crippen LogP contribution in [0.3, 0.4) is 0 Å². The zero-order valence-electron chi connectivity index (χ0n) is 8.40. The first-order chi connectivity index (χ1) is 7.36. The second kappa shape index (κ2) is 5.18. The lowest BCUT2D eigenvalue weighted by Crippen LogP contribution is -2.30. The van der Waals surface area contributed by atoms with Crippen molar-refractivity contribution >= 4 is 17.4 Å². The van der Waals surface area contributed by atoms with Crippen LogP contribution in [0.1, 0.15) is 29.8 Å². The molecule has 5 nitrogen and oxygen atoms in total.